The molecule has 1 saturated carbocycles. The third-order valence-electron chi connectivity index (χ3n) is 6.94. The van der Waals surface area contributed by atoms with E-state index in [2.05, 4.69) is 33.0 Å². The fraction of sp³-hybridized carbons (Fsp3) is 0.286. The highest BCUT2D eigenvalue weighted by atomic mass is 79.9. The number of amides is 1. The maximum absolute atomic E-state index is 13.7. The average molecular weight is 620 g/mol. The molecular weight excluding hydrogens is 592 g/mol. The standard InChI is InChI=1S/C28H28BrClN2O5S/c1-4-6-20(29)14-23-17-28(27(33)31-23)25(19-7-5-8-21(30)13-19)15-22(16-26(28)36-3)32-37-38(34,35)24-11-9-18(2)10-12-24/h4-14,25-26H,1,15-17H2,2-3H3,(H,31,33)/b20-6+,23-14+,32-22+/t25-,26-,28-/m0/s1. The number of nitrogens with zero attached hydrogens (tertiary/aromatic N) is 1. The van der Waals surface area contributed by atoms with E-state index in [0.717, 1.165) is 21.3 Å². The normalized spacial score (nSPS) is 26.1. The van der Waals surface area contributed by atoms with E-state index in [4.69, 9.17) is 20.6 Å². The molecule has 0 unspecified atom stereocenters. The van der Waals surface area contributed by atoms with Gasteiger partial charge in [0, 0.05) is 41.1 Å². The van der Waals surface area contributed by atoms with Gasteiger partial charge in [-0.25, -0.2) is 0 Å². The van der Waals surface area contributed by atoms with Gasteiger partial charge in [-0.3, -0.25) is 9.08 Å². The van der Waals surface area contributed by atoms with Crippen LogP contribution in [0.25, 0.3) is 0 Å². The van der Waals surface area contributed by atoms with Crippen LogP contribution in [0.3, 0.4) is 0 Å². The van der Waals surface area contributed by atoms with Gasteiger partial charge in [0.15, 0.2) is 0 Å². The lowest BCUT2D eigenvalue weighted by Crippen LogP contribution is -2.52. The third-order valence-corrected chi connectivity index (χ3v) is 8.78. The van der Waals surface area contributed by atoms with Gasteiger partial charge in [-0.2, -0.15) is 8.42 Å². The Bertz CT molecular complexity index is 1440. The number of allylic oxidation sites excluding steroid dienone is 5. The van der Waals surface area contributed by atoms with E-state index in [0.29, 0.717) is 17.2 Å². The molecule has 0 radical (unpaired) electrons. The summed E-state index contributed by atoms with van der Waals surface area (Å²) in [5, 5.41) is 7.61. The Hall–Kier alpha value is -2.72. The van der Waals surface area contributed by atoms with Crippen LogP contribution in [0.1, 0.15) is 36.3 Å². The van der Waals surface area contributed by atoms with Crippen LogP contribution in [0.15, 0.2) is 93.6 Å². The molecule has 1 spiro atoms. The number of aryl methyl sites for hydroxylation is 1. The largest absolute Gasteiger partial charge is 0.380 e. The van der Waals surface area contributed by atoms with E-state index in [1.54, 1.807) is 30.4 Å². The van der Waals surface area contributed by atoms with Crippen LogP contribution in [-0.4, -0.2) is 33.3 Å². The van der Waals surface area contributed by atoms with Crippen molar-refractivity contribution in [2.24, 2.45) is 10.6 Å². The molecule has 1 heterocycles. The Balaban J connectivity index is 1.73. The number of oxime groups is 1. The monoisotopic (exact) mass is 618 g/mol. The van der Waals surface area contributed by atoms with Gasteiger partial charge < -0.3 is 10.1 Å². The van der Waals surface area contributed by atoms with E-state index in [1.165, 1.54) is 19.2 Å². The van der Waals surface area contributed by atoms with Crippen molar-refractivity contribution >= 4 is 49.3 Å². The van der Waals surface area contributed by atoms with Crippen LogP contribution >= 0.6 is 27.5 Å². The maximum atomic E-state index is 13.7. The molecule has 2 fully saturated rings. The molecule has 2 aliphatic rings. The number of benzene rings is 2. The van der Waals surface area contributed by atoms with Gasteiger partial charge in [0.1, 0.15) is 4.90 Å². The number of hydrogen-bond acceptors (Lipinski definition) is 6. The minimum atomic E-state index is -4.11. The predicted octanol–water partition coefficient (Wildman–Crippen LogP) is 6.16. The van der Waals surface area contributed by atoms with Crippen molar-refractivity contribution in [2.45, 2.75) is 43.1 Å². The molecule has 1 N–H and O–H groups in total. The van der Waals surface area contributed by atoms with Crippen LogP contribution < -0.4 is 5.32 Å². The Kier molecular flexibility index (Phi) is 8.62. The van der Waals surface area contributed by atoms with Crippen LogP contribution in [0.5, 0.6) is 0 Å². The zero-order valence-corrected chi connectivity index (χ0v) is 24.1. The predicted molar refractivity (Wildman–Crippen MR) is 152 cm³/mol. The summed E-state index contributed by atoms with van der Waals surface area (Å²) in [6.45, 7) is 5.57. The SMILES string of the molecule is C=C/C=C(Br)\C=C1/C[C@@]2(C(=O)N1)[C@@H](OC)C/C(=N/OS(=O)(=O)c1ccc(C)cc1)C[C@H]2c1cccc(Cl)c1. The van der Waals surface area contributed by atoms with Gasteiger partial charge in [-0.15, -0.1) is 0 Å². The molecule has 3 atom stereocenters. The number of carbonyl (C=O) groups excluding carboxylic acids is 1. The highest BCUT2D eigenvalue weighted by Gasteiger charge is 2.59. The molecule has 200 valence electrons. The summed E-state index contributed by atoms with van der Waals surface area (Å²) in [5.74, 6) is -0.580. The van der Waals surface area contributed by atoms with Crippen LogP contribution in [0, 0.1) is 12.3 Å². The lowest BCUT2D eigenvalue weighted by atomic mass is 9.60. The van der Waals surface area contributed by atoms with E-state index >= 15 is 0 Å². The van der Waals surface area contributed by atoms with Gasteiger partial charge >= 0.3 is 10.1 Å². The number of rotatable bonds is 7. The molecule has 0 bridgehead atoms. The summed E-state index contributed by atoms with van der Waals surface area (Å²) >= 11 is 9.81. The van der Waals surface area contributed by atoms with Crippen LogP contribution in [0.4, 0.5) is 0 Å². The number of ether oxygens (including phenoxy) is 1. The van der Waals surface area contributed by atoms with Crippen molar-refractivity contribution in [3.8, 4) is 0 Å². The highest BCUT2D eigenvalue weighted by molar-refractivity contribution is 9.11. The number of hydrogen-bond donors (Lipinski definition) is 1. The van der Waals surface area contributed by atoms with E-state index < -0.39 is 27.6 Å². The summed E-state index contributed by atoms with van der Waals surface area (Å²) in [6.07, 6.45) is 5.57. The van der Waals surface area contributed by atoms with E-state index in [1.807, 2.05) is 31.2 Å². The van der Waals surface area contributed by atoms with Gasteiger partial charge in [-0.1, -0.05) is 75.2 Å². The van der Waals surface area contributed by atoms with Gasteiger partial charge in [0.25, 0.3) is 0 Å². The second-order valence-corrected chi connectivity index (χ2v) is 12.2. The smallest absolute Gasteiger partial charge is 0.358 e. The zero-order valence-electron chi connectivity index (χ0n) is 21.0. The van der Waals surface area contributed by atoms with Crippen molar-refractivity contribution in [2.75, 3.05) is 7.11 Å². The molecule has 1 aliphatic heterocycles. The molecular formula is C28H28BrClN2O5S. The Morgan fingerprint density at radius 1 is 1.24 bits per heavy atom. The number of methoxy groups -OCH3 is 1. The van der Waals surface area contributed by atoms with Crippen molar-refractivity contribution in [1.29, 1.82) is 0 Å². The van der Waals surface area contributed by atoms with Gasteiger partial charge in [0.05, 0.1) is 17.2 Å². The minimum Gasteiger partial charge on any atom is -0.380 e. The molecule has 2 aromatic rings. The molecule has 2 aromatic carbocycles. The fourth-order valence-corrected chi connectivity index (χ4v) is 6.56. The van der Waals surface area contributed by atoms with Crippen molar-refractivity contribution in [3.63, 3.8) is 0 Å². The van der Waals surface area contributed by atoms with Crippen molar-refractivity contribution < 1.29 is 22.2 Å². The molecule has 1 saturated heterocycles. The first-order chi connectivity index (χ1) is 18.1. The lowest BCUT2D eigenvalue weighted by Gasteiger charge is -2.44. The molecule has 1 aliphatic carbocycles. The Labute approximate surface area is 236 Å². The average Bonchev–Trinajstić information content (AvgIpc) is 3.19. The summed E-state index contributed by atoms with van der Waals surface area (Å²) in [6, 6.07) is 13.6. The number of nitrogens with one attached hydrogen (secondary N) is 1. The first-order valence-electron chi connectivity index (χ1n) is 11.9. The summed E-state index contributed by atoms with van der Waals surface area (Å²) in [5.41, 5.74) is 1.98. The molecule has 38 heavy (non-hydrogen) atoms. The van der Waals surface area contributed by atoms with Crippen molar-refractivity contribution in [3.05, 3.63) is 99.7 Å². The van der Waals surface area contributed by atoms with Crippen molar-refractivity contribution in [1.82, 2.24) is 5.32 Å². The van der Waals surface area contributed by atoms with Crippen LogP contribution in [-0.2, 0) is 23.9 Å². The van der Waals surface area contributed by atoms with Gasteiger partial charge in [0.2, 0.25) is 5.91 Å². The first-order valence-corrected chi connectivity index (χ1v) is 14.5. The second-order valence-electron chi connectivity index (χ2n) is 9.37. The van der Waals surface area contributed by atoms with Gasteiger partial charge in [-0.05, 0) is 55.3 Å². The molecule has 0 aromatic heterocycles. The summed E-state index contributed by atoms with van der Waals surface area (Å²) in [4.78, 5) is 13.7. The molecule has 10 heteroatoms. The highest BCUT2D eigenvalue weighted by Crippen LogP contribution is 2.54. The topological polar surface area (TPSA) is 94.1 Å². The summed E-state index contributed by atoms with van der Waals surface area (Å²) in [7, 11) is -2.57. The first kappa shape index (κ1) is 28.3. The number of halogens is 2. The Morgan fingerprint density at radius 2 is 1.97 bits per heavy atom. The molecule has 7 nitrogen and oxygen atoms in total. The molecule has 4 rings (SSSR count). The second kappa shape index (κ2) is 11.6. The number of carbonyl (C=O) groups is 1. The fourth-order valence-electron chi connectivity index (χ4n) is 5.14. The van der Waals surface area contributed by atoms with Crippen LogP contribution in [0.2, 0.25) is 5.02 Å². The van der Waals surface area contributed by atoms with E-state index in [9.17, 15) is 13.2 Å². The zero-order chi connectivity index (χ0) is 27.5. The lowest BCUT2D eigenvalue weighted by molar-refractivity contribution is -0.138. The Morgan fingerprint density at radius 3 is 2.63 bits per heavy atom. The third kappa shape index (κ3) is 5.81. The maximum Gasteiger partial charge on any atom is 0.358 e. The quantitative estimate of drug-likeness (QED) is 0.296. The molecule has 1 amide bonds. The minimum absolute atomic E-state index is 0.0116. The van der Waals surface area contributed by atoms with E-state index in [-0.39, 0.29) is 23.6 Å². The summed E-state index contributed by atoms with van der Waals surface area (Å²) < 4.78 is 37.3.